The van der Waals surface area contributed by atoms with Gasteiger partial charge in [0.2, 0.25) is 0 Å². The van der Waals surface area contributed by atoms with Gasteiger partial charge < -0.3 is 18.7 Å². The fourth-order valence-corrected chi connectivity index (χ4v) is 9.20. The Labute approximate surface area is 259 Å². The number of allylic oxidation sites excluding steroid dienone is 4. The predicted octanol–water partition coefficient (Wildman–Crippen LogP) is 9.60. The molecule has 1 unspecified atom stereocenters. The SMILES string of the molecule is C=C1C(=CC=C2CCC[C@]3(C)C([C@@H](C)OCC(=O)O)=CCC23)C[C@@H](O[Si](C)(C)C(C)(C)C)C[C@@H]1O[Si](C)(C)C(C)(C)C. The molecule has 3 aliphatic carbocycles. The Morgan fingerprint density at radius 3 is 2.26 bits per heavy atom. The Bertz CT molecular complexity index is 1120. The Morgan fingerprint density at radius 1 is 1.10 bits per heavy atom. The average Bonchev–Trinajstić information content (AvgIpc) is 3.19. The van der Waals surface area contributed by atoms with Gasteiger partial charge in [-0.05, 0) is 103 Å². The molecule has 0 radical (unpaired) electrons. The van der Waals surface area contributed by atoms with E-state index in [1.165, 1.54) is 16.7 Å². The fourth-order valence-electron chi connectivity index (χ4n) is 6.53. The van der Waals surface area contributed by atoms with Crippen LogP contribution in [0.2, 0.25) is 36.3 Å². The number of rotatable bonds is 9. The van der Waals surface area contributed by atoms with Crippen LogP contribution in [0.1, 0.15) is 93.9 Å². The zero-order valence-electron chi connectivity index (χ0n) is 28.8. The molecule has 0 aromatic rings. The van der Waals surface area contributed by atoms with Crippen LogP contribution in [0.25, 0.3) is 0 Å². The number of aliphatic carboxylic acids is 1. The van der Waals surface area contributed by atoms with Gasteiger partial charge in [-0.2, -0.15) is 0 Å². The first kappa shape index (κ1) is 35.2. The minimum absolute atomic E-state index is 0.00599. The van der Waals surface area contributed by atoms with Crippen LogP contribution in [0, 0.1) is 11.3 Å². The van der Waals surface area contributed by atoms with Crippen molar-refractivity contribution in [2.75, 3.05) is 6.61 Å². The van der Waals surface area contributed by atoms with Crippen molar-refractivity contribution in [3.05, 3.63) is 47.1 Å². The molecule has 0 bridgehead atoms. The summed E-state index contributed by atoms with van der Waals surface area (Å²) in [5.41, 5.74) is 5.13. The van der Waals surface area contributed by atoms with Crippen molar-refractivity contribution in [3.8, 4) is 0 Å². The van der Waals surface area contributed by atoms with Crippen LogP contribution >= 0.6 is 0 Å². The molecule has 0 aromatic carbocycles. The first-order chi connectivity index (χ1) is 19.1. The maximum absolute atomic E-state index is 11.1. The normalized spacial score (nSPS) is 30.4. The average molecular weight is 617 g/mol. The summed E-state index contributed by atoms with van der Waals surface area (Å²) < 4.78 is 19.8. The van der Waals surface area contributed by atoms with Gasteiger partial charge in [0.25, 0.3) is 0 Å². The first-order valence-electron chi connectivity index (χ1n) is 16.1. The summed E-state index contributed by atoms with van der Waals surface area (Å²) in [6, 6.07) is 0. The lowest BCUT2D eigenvalue weighted by Crippen LogP contribution is -2.49. The topological polar surface area (TPSA) is 65.0 Å². The highest BCUT2D eigenvalue weighted by molar-refractivity contribution is 6.74. The molecule has 2 fully saturated rings. The molecule has 238 valence electrons. The highest BCUT2D eigenvalue weighted by atomic mass is 28.4. The summed E-state index contributed by atoms with van der Waals surface area (Å²) >= 11 is 0. The van der Waals surface area contributed by atoms with Crippen LogP contribution in [-0.4, -0.2) is 52.6 Å². The molecular weight excluding hydrogens is 557 g/mol. The van der Waals surface area contributed by atoms with Crippen molar-refractivity contribution >= 4 is 22.6 Å². The minimum Gasteiger partial charge on any atom is -0.480 e. The van der Waals surface area contributed by atoms with Crippen molar-refractivity contribution in [1.29, 1.82) is 0 Å². The number of hydrogen-bond donors (Lipinski definition) is 1. The number of carbonyl (C=O) groups is 1. The number of carboxylic acids is 1. The second-order valence-corrected chi connectivity index (χ2v) is 25.8. The van der Waals surface area contributed by atoms with Crippen molar-refractivity contribution < 1.29 is 23.5 Å². The third kappa shape index (κ3) is 7.69. The minimum atomic E-state index is -2.01. The van der Waals surface area contributed by atoms with Gasteiger partial charge in [0.1, 0.15) is 6.61 Å². The van der Waals surface area contributed by atoms with Gasteiger partial charge in [-0.15, -0.1) is 0 Å². The van der Waals surface area contributed by atoms with E-state index in [0.717, 1.165) is 44.1 Å². The molecule has 0 saturated heterocycles. The third-order valence-corrected chi connectivity index (χ3v) is 20.3. The van der Waals surface area contributed by atoms with Crippen LogP contribution in [-0.2, 0) is 18.4 Å². The van der Waals surface area contributed by atoms with Gasteiger partial charge in [-0.3, -0.25) is 0 Å². The van der Waals surface area contributed by atoms with Crippen molar-refractivity contribution in [2.24, 2.45) is 11.3 Å². The number of ether oxygens (including phenoxy) is 1. The zero-order chi connectivity index (χ0) is 31.9. The first-order valence-corrected chi connectivity index (χ1v) is 21.9. The van der Waals surface area contributed by atoms with Crippen LogP contribution in [0.4, 0.5) is 0 Å². The summed E-state index contributed by atoms with van der Waals surface area (Å²) in [6.45, 7) is 31.9. The van der Waals surface area contributed by atoms with E-state index in [9.17, 15) is 4.79 Å². The maximum atomic E-state index is 11.1. The second-order valence-electron chi connectivity index (χ2n) is 16.3. The van der Waals surface area contributed by atoms with E-state index in [2.05, 4.69) is 99.5 Å². The van der Waals surface area contributed by atoms with Gasteiger partial charge in [0.05, 0.1) is 18.3 Å². The molecule has 0 aromatic heterocycles. The van der Waals surface area contributed by atoms with E-state index in [1.54, 1.807) is 0 Å². The third-order valence-electron chi connectivity index (χ3n) is 11.2. The highest BCUT2D eigenvalue weighted by Crippen LogP contribution is 2.56. The summed E-state index contributed by atoms with van der Waals surface area (Å²) in [7, 11) is -3.96. The lowest BCUT2D eigenvalue weighted by molar-refractivity contribution is -0.143. The number of fused-ring (bicyclic) bond motifs is 1. The quantitative estimate of drug-likeness (QED) is 0.206. The molecule has 3 aliphatic rings. The summed E-state index contributed by atoms with van der Waals surface area (Å²) in [4.78, 5) is 11.1. The van der Waals surface area contributed by atoms with Crippen molar-refractivity contribution in [3.63, 3.8) is 0 Å². The smallest absolute Gasteiger partial charge is 0.329 e. The second kappa shape index (κ2) is 12.6. The zero-order valence-corrected chi connectivity index (χ0v) is 30.8. The van der Waals surface area contributed by atoms with Crippen LogP contribution in [0.5, 0.6) is 0 Å². The van der Waals surface area contributed by atoms with Crippen LogP contribution in [0.3, 0.4) is 0 Å². The molecule has 7 heteroatoms. The Kier molecular flexibility index (Phi) is 10.6. The van der Waals surface area contributed by atoms with E-state index < -0.39 is 22.6 Å². The Hall–Kier alpha value is -1.26. The lowest BCUT2D eigenvalue weighted by Gasteiger charge is -2.45. The van der Waals surface area contributed by atoms with Gasteiger partial charge in [0, 0.05) is 6.42 Å². The molecule has 2 saturated carbocycles. The summed E-state index contributed by atoms with van der Waals surface area (Å²) in [5.74, 6) is -0.498. The molecule has 0 aliphatic heterocycles. The molecule has 3 rings (SSSR count). The predicted molar refractivity (Wildman–Crippen MR) is 180 cm³/mol. The van der Waals surface area contributed by atoms with E-state index in [4.69, 9.17) is 18.7 Å². The molecule has 0 amide bonds. The summed E-state index contributed by atoms with van der Waals surface area (Å²) in [6.07, 6.45) is 13.0. The molecule has 0 heterocycles. The number of carboxylic acid groups (broad SMARTS) is 1. The standard InChI is InChI=1S/C35H60O5Si2/c1-24-27(17-16-26-15-14-20-35(9)29(18-19-30(26)35)25(2)38-23-32(36)37)21-28(39-41(10,11)33(3,4)5)22-31(24)40-42(12,13)34(6,7)8/h16-18,25,28,30-31H,1,14-15,19-23H2,2-13H3,(H,36,37)/t25-,28-,30?,31+,35-/m1/s1. The Balaban J connectivity index is 1.90. The van der Waals surface area contributed by atoms with Gasteiger partial charge in [-0.1, -0.05) is 78.8 Å². The molecule has 5 atom stereocenters. The summed E-state index contributed by atoms with van der Waals surface area (Å²) in [5, 5.41) is 9.39. The van der Waals surface area contributed by atoms with E-state index in [0.29, 0.717) is 5.92 Å². The van der Waals surface area contributed by atoms with E-state index >= 15 is 0 Å². The lowest BCUT2D eigenvalue weighted by atomic mass is 9.63. The highest BCUT2D eigenvalue weighted by Gasteiger charge is 2.47. The Morgan fingerprint density at radius 2 is 1.69 bits per heavy atom. The molecule has 42 heavy (non-hydrogen) atoms. The van der Waals surface area contributed by atoms with Crippen molar-refractivity contribution in [2.45, 2.75) is 148 Å². The van der Waals surface area contributed by atoms with E-state index in [-0.39, 0.29) is 40.4 Å². The van der Waals surface area contributed by atoms with Gasteiger partial charge in [0.15, 0.2) is 16.6 Å². The van der Waals surface area contributed by atoms with Gasteiger partial charge in [-0.25, -0.2) is 4.79 Å². The monoisotopic (exact) mass is 616 g/mol. The molecule has 0 spiro atoms. The fraction of sp³-hybridized carbons (Fsp3) is 0.743. The largest absolute Gasteiger partial charge is 0.480 e. The van der Waals surface area contributed by atoms with Crippen molar-refractivity contribution in [1.82, 2.24) is 0 Å². The van der Waals surface area contributed by atoms with Crippen LogP contribution in [0.15, 0.2) is 47.1 Å². The van der Waals surface area contributed by atoms with Crippen LogP contribution < -0.4 is 0 Å². The molecule has 5 nitrogen and oxygen atoms in total. The number of hydrogen-bond acceptors (Lipinski definition) is 4. The maximum Gasteiger partial charge on any atom is 0.329 e. The molecule has 1 N–H and O–H groups in total. The van der Waals surface area contributed by atoms with Gasteiger partial charge >= 0.3 is 5.97 Å². The molecular formula is C35H60O5Si2. The van der Waals surface area contributed by atoms with E-state index in [1.807, 2.05) is 6.92 Å².